The molecule has 2 aromatic heterocycles. The summed E-state index contributed by atoms with van der Waals surface area (Å²) in [5, 5.41) is 8.83. The first kappa shape index (κ1) is 17.9. The van der Waals surface area contributed by atoms with Crippen LogP contribution in [0.15, 0.2) is 24.3 Å². The van der Waals surface area contributed by atoms with Crippen molar-refractivity contribution in [2.75, 3.05) is 6.54 Å². The molecule has 1 aliphatic rings. The van der Waals surface area contributed by atoms with E-state index in [1.807, 2.05) is 30.7 Å². The van der Waals surface area contributed by atoms with Gasteiger partial charge in [0.1, 0.15) is 0 Å². The number of benzene rings is 1. The first-order valence-corrected chi connectivity index (χ1v) is 10.2. The highest BCUT2D eigenvalue weighted by Gasteiger charge is 2.27. The van der Waals surface area contributed by atoms with Crippen LogP contribution in [0.1, 0.15) is 49.3 Å². The molecule has 0 saturated carbocycles. The Hall–Kier alpha value is -2.47. The number of para-hydroxylation sites is 1. The fourth-order valence-electron chi connectivity index (χ4n) is 3.80. The molecule has 1 aliphatic carbocycles. The van der Waals surface area contributed by atoms with Crippen LogP contribution in [0, 0.1) is 20.8 Å². The number of nitrogens with zero attached hydrogens (tertiary/aromatic N) is 3. The van der Waals surface area contributed by atoms with Crippen molar-refractivity contribution in [1.82, 2.24) is 20.1 Å². The summed E-state index contributed by atoms with van der Waals surface area (Å²) in [7, 11) is 0. The second kappa shape index (κ2) is 7.27. The van der Waals surface area contributed by atoms with Crippen molar-refractivity contribution in [3.8, 4) is 5.69 Å². The maximum Gasteiger partial charge on any atom is 0.272 e. The van der Waals surface area contributed by atoms with Gasteiger partial charge in [-0.25, -0.2) is 9.67 Å². The summed E-state index contributed by atoms with van der Waals surface area (Å²) in [5.41, 5.74) is 6.17. The Bertz CT molecular complexity index is 1000. The van der Waals surface area contributed by atoms with E-state index in [2.05, 4.69) is 29.4 Å². The molecular formula is C21H24N4OS. The summed E-state index contributed by atoms with van der Waals surface area (Å²) in [6.07, 6.45) is 3.79. The molecule has 5 nitrogen and oxygen atoms in total. The highest BCUT2D eigenvalue weighted by molar-refractivity contribution is 7.11. The van der Waals surface area contributed by atoms with Crippen molar-refractivity contribution < 1.29 is 4.79 Å². The molecule has 0 atom stereocenters. The molecule has 27 heavy (non-hydrogen) atoms. The van der Waals surface area contributed by atoms with Crippen molar-refractivity contribution in [2.45, 2.75) is 46.5 Å². The number of carbonyl (C=O) groups is 1. The second-order valence-electron chi connectivity index (χ2n) is 7.07. The summed E-state index contributed by atoms with van der Waals surface area (Å²) < 4.78 is 1.98. The average molecular weight is 381 g/mol. The molecule has 0 radical (unpaired) electrons. The zero-order valence-electron chi connectivity index (χ0n) is 16.0. The van der Waals surface area contributed by atoms with Crippen LogP contribution in [0.4, 0.5) is 0 Å². The van der Waals surface area contributed by atoms with Gasteiger partial charge < -0.3 is 5.32 Å². The summed E-state index contributed by atoms with van der Waals surface area (Å²) in [6.45, 7) is 6.73. The zero-order chi connectivity index (χ0) is 19.0. The van der Waals surface area contributed by atoms with E-state index in [1.165, 1.54) is 10.6 Å². The van der Waals surface area contributed by atoms with Crippen LogP contribution < -0.4 is 5.32 Å². The van der Waals surface area contributed by atoms with Gasteiger partial charge in [-0.15, -0.1) is 11.3 Å². The number of aromatic nitrogens is 3. The Morgan fingerprint density at radius 1 is 1.22 bits per heavy atom. The van der Waals surface area contributed by atoms with E-state index in [1.54, 1.807) is 11.3 Å². The third-order valence-corrected chi connectivity index (χ3v) is 6.26. The summed E-state index contributed by atoms with van der Waals surface area (Å²) >= 11 is 1.70. The minimum Gasteiger partial charge on any atom is -0.350 e. The average Bonchev–Trinajstić information content (AvgIpc) is 3.31. The van der Waals surface area contributed by atoms with Crippen LogP contribution in [-0.2, 0) is 19.3 Å². The molecule has 0 fully saturated rings. The van der Waals surface area contributed by atoms with Crippen LogP contribution in [0.25, 0.3) is 5.69 Å². The van der Waals surface area contributed by atoms with Gasteiger partial charge in [-0.3, -0.25) is 4.79 Å². The molecule has 0 spiro atoms. The largest absolute Gasteiger partial charge is 0.350 e. The minimum atomic E-state index is -0.0700. The summed E-state index contributed by atoms with van der Waals surface area (Å²) in [5.74, 6) is -0.0700. The van der Waals surface area contributed by atoms with Crippen LogP contribution >= 0.6 is 11.3 Å². The van der Waals surface area contributed by atoms with Gasteiger partial charge in [0.2, 0.25) is 0 Å². The highest BCUT2D eigenvalue weighted by atomic mass is 32.1. The maximum absolute atomic E-state index is 12.8. The lowest BCUT2D eigenvalue weighted by atomic mass is 10.1. The van der Waals surface area contributed by atoms with Crippen LogP contribution in [0.5, 0.6) is 0 Å². The van der Waals surface area contributed by atoms with E-state index in [-0.39, 0.29) is 5.91 Å². The van der Waals surface area contributed by atoms with E-state index >= 15 is 0 Å². The summed E-state index contributed by atoms with van der Waals surface area (Å²) in [4.78, 5) is 18.5. The van der Waals surface area contributed by atoms with Gasteiger partial charge in [0.25, 0.3) is 5.91 Å². The number of hydrogen-bond acceptors (Lipinski definition) is 4. The second-order valence-corrected chi connectivity index (χ2v) is 8.36. The first-order valence-electron chi connectivity index (χ1n) is 9.42. The van der Waals surface area contributed by atoms with Gasteiger partial charge in [-0.2, -0.15) is 5.10 Å². The molecule has 140 valence electrons. The van der Waals surface area contributed by atoms with Gasteiger partial charge >= 0.3 is 0 Å². The topological polar surface area (TPSA) is 59.8 Å². The van der Waals surface area contributed by atoms with Crippen molar-refractivity contribution in [1.29, 1.82) is 0 Å². The van der Waals surface area contributed by atoms with Gasteiger partial charge in [0.05, 0.1) is 16.4 Å². The molecule has 6 heteroatoms. The molecule has 0 saturated heterocycles. The number of carbonyl (C=O) groups excluding carboxylic acids is 1. The predicted molar refractivity (Wildman–Crippen MR) is 108 cm³/mol. The standard InChI is InChI=1S/C21H24N4OS/c1-13-7-4-5-9-17(13)25-18-10-6-8-16(18)20(24-25)21(26)22-12-11-19-14(2)23-15(3)27-19/h4-5,7,9H,6,8,10-12H2,1-3H3,(H,22,26). The normalized spacial score (nSPS) is 13.0. The predicted octanol–water partition coefficient (Wildman–Crippen LogP) is 3.72. The fraction of sp³-hybridized carbons (Fsp3) is 0.381. The van der Waals surface area contributed by atoms with Gasteiger partial charge in [0.15, 0.2) is 5.69 Å². The number of nitrogens with one attached hydrogen (secondary N) is 1. The van der Waals surface area contributed by atoms with Crippen molar-refractivity contribution in [3.05, 3.63) is 62.4 Å². The number of rotatable bonds is 5. The molecule has 4 rings (SSSR count). The lowest BCUT2D eigenvalue weighted by Gasteiger charge is -2.08. The Balaban J connectivity index is 1.54. The summed E-state index contributed by atoms with van der Waals surface area (Å²) in [6, 6.07) is 8.19. The quantitative estimate of drug-likeness (QED) is 0.734. The molecule has 0 unspecified atom stereocenters. The van der Waals surface area contributed by atoms with E-state index in [4.69, 9.17) is 5.10 Å². The van der Waals surface area contributed by atoms with Gasteiger partial charge in [0, 0.05) is 29.1 Å². The third kappa shape index (κ3) is 3.41. The van der Waals surface area contributed by atoms with E-state index in [9.17, 15) is 4.79 Å². The Labute approximate surface area is 163 Å². The Kier molecular flexibility index (Phi) is 4.83. The van der Waals surface area contributed by atoms with E-state index in [0.717, 1.165) is 53.2 Å². The van der Waals surface area contributed by atoms with E-state index < -0.39 is 0 Å². The smallest absolute Gasteiger partial charge is 0.272 e. The Morgan fingerprint density at radius 2 is 2.04 bits per heavy atom. The monoisotopic (exact) mass is 380 g/mol. The Morgan fingerprint density at radius 3 is 2.78 bits per heavy atom. The SMILES string of the molecule is Cc1nc(C)c(CCNC(=O)c2nn(-c3ccccc3C)c3c2CCC3)s1. The molecule has 1 amide bonds. The van der Waals surface area contributed by atoms with E-state index in [0.29, 0.717) is 12.2 Å². The number of fused-ring (bicyclic) bond motifs is 1. The van der Waals surface area contributed by atoms with Crippen LogP contribution in [-0.4, -0.2) is 27.2 Å². The number of amides is 1. The molecule has 0 aliphatic heterocycles. The molecular weight excluding hydrogens is 356 g/mol. The number of aryl methyl sites for hydroxylation is 3. The van der Waals surface area contributed by atoms with Crippen molar-refractivity contribution >= 4 is 17.2 Å². The molecule has 1 aromatic carbocycles. The lowest BCUT2D eigenvalue weighted by molar-refractivity contribution is 0.0948. The maximum atomic E-state index is 12.8. The fourth-order valence-corrected chi connectivity index (χ4v) is 4.74. The van der Waals surface area contributed by atoms with Gasteiger partial charge in [-0.1, -0.05) is 18.2 Å². The highest BCUT2D eigenvalue weighted by Crippen LogP contribution is 2.28. The van der Waals surface area contributed by atoms with Crippen LogP contribution in [0.3, 0.4) is 0 Å². The first-order chi connectivity index (χ1) is 13.0. The molecule has 3 aromatic rings. The minimum absolute atomic E-state index is 0.0700. The molecule has 0 bridgehead atoms. The molecule has 2 heterocycles. The number of thiazole rings is 1. The van der Waals surface area contributed by atoms with Gasteiger partial charge in [-0.05, 0) is 51.7 Å². The van der Waals surface area contributed by atoms with Crippen molar-refractivity contribution in [3.63, 3.8) is 0 Å². The number of hydrogen-bond donors (Lipinski definition) is 1. The molecule has 1 N–H and O–H groups in total. The van der Waals surface area contributed by atoms with Crippen LogP contribution in [0.2, 0.25) is 0 Å². The van der Waals surface area contributed by atoms with Crippen molar-refractivity contribution in [2.24, 2.45) is 0 Å². The third-order valence-electron chi connectivity index (χ3n) is 5.13. The lowest BCUT2D eigenvalue weighted by Crippen LogP contribution is -2.27. The zero-order valence-corrected chi connectivity index (χ0v) is 16.8.